The van der Waals surface area contributed by atoms with E-state index in [1.165, 1.54) is 5.56 Å². The fourth-order valence-electron chi connectivity index (χ4n) is 2.02. The normalized spacial score (nSPS) is 22.8. The predicted octanol–water partition coefficient (Wildman–Crippen LogP) is 3.25. The summed E-state index contributed by atoms with van der Waals surface area (Å²) < 4.78 is 1.09. The van der Waals surface area contributed by atoms with Crippen molar-refractivity contribution in [1.29, 1.82) is 0 Å². The zero-order valence-electron chi connectivity index (χ0n) is 8.68. The van der Waals surface area contributed by atoms with Gasteiger partial charge in [-0.25, -0.2) is 0 Å². The lowest BCUT2D eigenvalue weighted by Crippen LogP contribution is -2.25. The van der Waals surface area contributed by atoms with Gasteiger partial charge < -0.3 is 4.90 Å². The number of aliphatic imine (C=N–C) groups is 1. The molecule has 0 amide bonds. The summed E-state index contributed by atoms with van der Waals surface area (Å²) in [7, 11) is 0. The highest BCUT2D eigenvalue weighted by Crippen LogP contribution is 2.31. The number of rotatable bonds is 1. The second kappa shape index (κ2) is 3.91. The fourth-order valence-corrected chi connectivity index (χ4v) is 2.50. The van der Waals surface area contributed by atoms with Crippen LogP contribution in [-0.4, -0.2) is 17.3 Å². The van der Waals surface area contributed by atoms with Crippen molar-refractivity contribution < 1.29 is 0 Å². The second-order valence-corrected chi connectivity index (χ2v) is 4.69. The zero-order chi connectivity index (χ0) is 11.0. The first-order valence-corrected chi connectivity index (χ1v) is 6.08. The van der Waals surface area contributed by atoms with Crippen LogP contribution in [0.2, 0.25) is 0 Å². The summed E-state index contributed by atoms with van der Waals surface area (Å²) in [4.78, 5) is 6.91. The number of benzene rings is 1. The van der Waals surface area contributed by atoms with E-state index in [4.69, 9.17) is 4.99 Å². The zero-order valence-corrected chi connectivity index (χ0v) is 10.3. The monoisotopic (exact) mass is 274 g/mol. The maximum Gasteiger partial charge on any atom is 0.129 e. The highest BCUT2D eigenvalue weighted by atomic mass is 79.9. The molecule has 0 spiro atoms. The van der Waals surface area contributed by atoms with Crippen LogP contribution in [0.4, 0.5) is 0 Å². The van der Waals surface area contributed by atoms with Crippen LogP contribution in [-0.2, 0) is 0 Å². The van der Waals surface area contributed by atoms with E-state index in [0.717, 1.165) is 17.0 Å². The van der Waals surface area contributed by atoms with Crippen molar-refractivity contribution in [3.8, 4) is 0 Å². The summed E-state index contributed by atoms with van der Waals surface area (Å²) >= 11 is 3.55. The topological polar surface area (TPSA) is 15.6 Å². The van der Waals surface area contributed by atoms with E-state index in [1.807, 2.05) is 24.3 Å². The Kier molecular flexibility index (Phi) is 2.40. The summed E-state index contributed by atoms with van der Waals surface area (Å²) in [6.07, 6.45) is 6.12. The molecule has 1 aromatic rings. The van der Waals surface area contributed by atoms with E-state index in [-0.39, 0.29) is 6.04 Å². The van der Waals surface area contributed by atoms with Gasteiger partial charge in [-0.15, -0.1) is 0 Å². The third-order valence-corrected chi connectivity index (χ3v) is 3.53. The van der Waals surface area contributed by atoms with Crippen LogP contribution in [0.15, 0.2) is 58.2 Å². The number of nitrogens with zero attached hydrogens (tertiary/aromatic N) is 2. The number of hydrogen-bond acceptors (Lipinski definition) is 2. The summed E-state index contributed by atoms with van der Waals surface area (Å²) in [5, 5.41) is 0. The van der Waals surface area contributed by atoms with Gasteiger partial charge in [0.15, 0.2) is 0 Å². The van der Waals surface area contributed by atoms with Gasteiger partial charge >= 0.3 is 0 Å². The van der Waals surface area contributed by atoms with Crippen molar-refractivity contribution in [2.24, 2.45) is 4.99 Å². The third kappa shape index (κ3) is 1.61. The van der Waals surface area contributed by atoms with E-state index in [9.17, 15) is 0 Å². The Labute approximate surface area is 103 Å². The van der Waals surface area contributed by atoms with Gasteiger partial charge in [-0.1, -0.05) is 36.4 Å². The molecular weight excluding hydrogens is 264 g/mol. The molecule has 1 aromatic carbocycles. The summed E-state index contributed by atoms with van der Waals surface area (Å²) in [6, 6.07) is 10.7. The van der Waals surface area contributed by atoms with Crippen molar-refractivity contribution in [3.05, 3.63) is 58.7 Å². The maximum atomic E-state index is 4.72. The molecule has 16 heavy (non-hydrogen) atoms. The molecular formula is C13H11BrN2. The number of halogens is 1. The highest BCUT2D eigenvalue weighted by Gasteiger charge is 2.27. The van der Waals surface area contributed by atoms with E-state index in [2.05, 4.69) is 45.1 Å². The molecule has 0 fully saturated rings. The molecule has 2 nitrogen and oxygen atoms in total. The van der Waals surface area contributed by atoms with E-state index in [1.54, 1.807) is 0 Å². The minimum Gasteiger partial charge on any atom is -0.318 e. The van der Waals surface area contributed by atoms with Crippen molar-refractivity contribution in [2.45, 2.75) is 6.04 Å². The van der Waals surface area contributed by atoms with E-state index in [0.29, 0.717) is 0 Å². The second-order valence-electron chi connectivity index (χ2n) is 3.87. The lowest BCUT2D eigenvalue weighted by molar-refractivity contribution is 0.542. The van der Waals surface area contributed by atoms with Gasteiger partial charge in [0.25, 0.3) is 0 Å². The molecule has 3 heteroatoms. The van der Waals surface area contributed by atoms with Crippen LogP contribution in [0.3, 0.4) is 0 Å². The van der Waals surface area contributed by atoms with Gasteiger partial charge in [-0.05, 0) is 33.6 Å². The van der Waals surface area contributed by atoms with Crippen molar-refractivity contribution in [2.75, 3.05) is 6.54 Å². The molecule has 0 radical (unpaired) electrons. The molecule has 2 heterocycles. The third-order valence-electron chi connectivity index (χ3n) is 2.84. The van der Waals surface area contributed by atoms with Gasteiger partial charge in [0, 0.05) is 0 Å². The Morgan fingerprint density at radius 2 is 2.06 bits per heavy atom. The fraction of sp³-hybridized carbons (Fsp3) is 0.154. The molecule has 0 saturated carbocycles. The van der Waals surface area contributed by atoms with Gasteiger partial charge in [-0.2, -0.15) is 0 Å². The summed E-state index contributed by atoms with van der Waals surface area (Å²) in [6.45, 7) is 0.917. The molecule has 0 bridgehead atoms. The molecule has 0 unspecified atom stereocenters. The van der Waals surface area contributed by atoms with Gasteiger partial charge in [-0.3, -0.25) is 4.99 Å². The summed E-state index contributed by atoms with van der Waals surface area (Å²) in [5.41, 5.74) is 1.28. The maximum absolute atomic E-state index is 4.72. The Hall–Kier alpha value is -1.35. The van der Waals surface area contributed by atoms with Crippen molar-refractivity contribution >= 4 is 21.8 Å². The first kappa shape index (κ1) is 9.85. The van der Waals surface area contributed by atoms with E-state index >= 15 is 0 Å². The molecule has 2 aliphatic rings. The van der Waals surface area contributed by atoms with Gasteiger partial charge in [0.1, 0.15) is 5.84 Å². The van der Waals surface area contributed by atoms with Crippen LogP contribution in [0, 0.1) is 0 Å². The SMILES string of the molecule is BrC1=CC=CC2=N[C@H](c3ccccc3)CN12. The molecule has 0 N–H and O–H groups in total. The molecule has 0 aromatic heterocycles. The van der Waals surface area contributed by atoms with Crippen LogP contribution >= 0.6 is 15.9 Å². The van der Waals surface area contributed by atoms with Crippen LogP contribution < -0.4 is 0 Å². The molecule has 0 aliphatic carbocycles. The Balaban J connectivity index is 1.92. The number of amidine groups is 1. The minimum absolute atomic E-state index is 0.250. The average Bonchev–Trinajstić information content (AvgIpc) is 2.76. The number of hydrogen-bond donors (Lipinski definition) is 0. The smallest absolute Gasteiger partial charge is 0.129 e. The molecule has 1 atom stereocenters. The largest absolute Gasteiger partial charge is 0.318 e. The molecule has 3 rings (SSSR count). The molecule has 2 aliphatic heterocycles. The average molecular weight is 275 g/mol. The van der Waals surface area contributed by atoms with Gasteiger partial charge in [0.2, 0.25) is 0 Å². The Bertz CT molecular complexity index is 488. The van der Waals surface area contributed by atoms with Crippen LogP contribution in [0.25, 0.3) is 0 Å². The van der Waals surface area contributed by atoms with E-state index < -0.39 is 0 Å². The minimum atomic E-state index is 0.250. The first-order chi connectivity index (χ1) is 7.84. The number of fused-ring (bicyclic) bond motifs is 1. The van der Waals surface area contributed by atoms with Crippen molar-refractivity contribution in [1.82, 2.24) is 4.90 Å². The van der Waals surface area contributed by atoms with Crippen molar-refractivity contribution in [3.63, 3.8) is 0 Å². The van der Waals surface area contributed by atoms with Crippen LogP contribution in [0.1, 0.15) is 11.6 Å². The standard InChI is InChI=1S/C13H11BrN2/c14-12-7-4-8-13-15-11(9-16(12)13)10-5-2-1-3-6-10/h1-8,11H,9H2/t11-/m0/s1. The lowest BCUT2D eigenvalue weighted by atomic mass is 10.1. The first-order valence-electron chi connectivity index (χ1n) is 5.29. The molecule has 0 saturated heterocycles. The van der Waals surface area contributed by atoms with Crippen LogP contribution in [0.5, 0.6) is 0 Å². The molecule has 80 valence electrons. The Morgan fingerprint density at radius 3 is 2.81 bits per heavy atom. The quantitative estimate of drug-likeness (QED) is 0.718. The summed E-state index contributed by atoms with van der Waals surface area (Å²) in [5.74, 6) is 1.04. The highest BCUT2D eigenvalue weighted by molar-refractivity contribution is 9.11. The Morgan fingerprint density at radius 1 is 1.25 bits per heavy atom. The van der Waals surface area contributed by atoms with Gasteiger partial charge in [0.05, 0.1) is 17.2 Å². The number of allylic oxidation sites excluding steroid dienone is 2. The predicted molar refractivity (Wildman–Crippen MR) is 69.5 cm³/mol. The lowest BCUT2D eigenvalue weighted by Gasteiger charge is -2.20.